The minimum absolute atomic E-state index is 0.0697. The fraction of sp³-hybridized carbons (Fsp3) is 0.250. The zero-order valence-corrected chi connectivity index (χ0v) is 15.2. The summed E-state index contributed by atoms with van der Waals surface area (Å²) in [6, 6.07) is 14.1. The van der Waals surface area contributed by atoms with Gasteiger partial charge in [0, 0.05) is 22.7 Å². The summed E-state index contributed by atoms with van der Waals surface area (Å²) in [6.45, 7) is 6.09. The highest BCUT2D eigenvalue weighted by Gasteiger charge is 2.08. The van der Waals surface area contributed by atoms with E-state index in [4.69, 9.17) is 4.74 Å². The van der Waals surface area contributed by atoms with E-state index in [1.54, 1.807) is 30.5 Å². The molecule has 2 rings (SSSR count). The van der Waals surface area contributed by atoms with Crippen molar-refractivity contribution in [3.05, 3.63) is 59.7 Å². The second kappa shape index (κ2) is 9.36. The fourth-order valence-electron chi connectivity index (χ4n) is 2.09. The van der Waals surface area contributed by atoms with Crippen LogP contribution < -0.4 is 15.5 Å². The molecule has 6 heteroatoms. The van der Waals surface area contributed by atoms with Gasteiger partial charge in [-0.05, 0) is 43.3 Å². The van der Waals surface area contributed by atoms with Gasteiger partial charge in [0.15, 0.2) is 0 Å². The predicted octanol–water partition coefficient (Wildman–Crippen LogP) is 3.44. The maximum Gasteiger partial charge on any atom is 0.271 e. The monoisotopic (exact) mass is 353 g/mol. The quantitative estimate of drug-likeness (QED) is 0.591. The summed E-state index contributed by atoms with van der Waals surface area (Å²) in [7, 11) is 0. The third-order valence-corrected chi connectivity index (χ3v) is 3.53. The summed E-state index contributed by atoms with van der Waals surface area (Å²) >= 11 is 0. The van der Waals surface area contributed by atoms with Crippen LogP contribution in [-0.4, -0.2) is 24.6 Å². The van der Waals surface area contributed by atoms with Crippen LogP contribution in [0.2, 0.25) is 0 Å². The molecule has 0 spiro atoms. The Labute approximate surface area is 153 Å². The number of para-hydroxylation sites is 1. The largest absolute Gasteiger partial charge is 0.493 e. The van der Waals surface area contributed by atoms with Gasteiger partial charge in [0.1, 0.15) is 5.75 Å². The first-order valence-electron chi connectivity index (χ1n) is 8.47. The molecule has 0 fully saturated rings. The first-order chi connectivity index (χ1) is 12.5. The van der Waals surface area contributed by atoms with Gasteiger partial charge in [-0.3, -0.25) is 9.59 Å². The summed E-state index contributed by atoms with van der Waals surface area (Å²) in [4.78, 5) is 23.8. The Hall–Kier alpha value is -3.15. The van der Waals surface area contributed by atoms with Crippen LogP contribution in [0.4, 0.5) is 5.69 Å². The second-order valence-corrected chi connectivity index (χ2v) is 5.89. The molecule has 136 valence electrons. The molecule has 0 aliphatic rings. The van der Waals surface area contributed by atoms with Gasteiger partial charge in [-0.2, -0.15) is 5.10 Å². The van der Waals surface area contributed by atoms with Crippen molar-refractivity contribution in [2.75, 3.05) is 11.9 Å². The number of carbonyl (C=O) groups excluding carboxylic acids is 2. The SMILES string of the molecule is CCOc1ccccc1/C=N/NC(=O)c1ccc(NC(=O)C(C)C)cc1. The first-order valence-corrected chi connectivity index (χ1v) is 8.47. The third-order valence-electron chi connectivity index (χ3n) is 3.53. The Kier molecular flexibility index (Phi) is 6.91. The standard InChI is InChI=1S/C20H23N3O3/c1-4-26-18-8-6-5-7-16(18)13-21-23-20(25)15-9-11-17(12-10-15)22-19(24)14(2)3/h5-14H,4H2,1-3H3,(H,22,24)(H,23,25)/b21-13+. The average Bonchev–Trinajstić information content (AvgIpc) is 2.63. The fourth-order valence-corrected chi connectivity index (χ4v) is 2.09. The molecule has 2 N–H and O–H groups in total. The number of rotatable bonds is 7. The van der Waals surface area contributed by atoms with Gasteiger partial charge in [0.25, 0.3) is 5.91 Å². The second-order valence-electron chi connectivity index (χ2n) is 5.89. The van der Waals surface area contributed by atoms with Gasteiger partial charge in [0.2, 0.25) is 5.91 Å². The van der Waals surface area contributed by atoms with Crippen LogP contribution in [-0.2, 0) is 4.79 Å². The number of amides is 2. The lowest BCUT2D eigenvalue weighted by Gasteiger charge is -2.08. The van der Waals surface area contributed by atoms with Crippen LogP contribution in [0.15, 0.2) is 53.6 Å². The first kappa shape index (κ1) is 19.2. The molecule has 6 nitrogen and oxygen atoms in total. The highest BCUT2D eigenvalue weighted by Crippen LogP contribution is 2.15. The highest BCUT2D eigenvalue weighted by molar-refractivity contribution is 5.96. The molecule has 0 bridgehead atoms. The molecule has 0 heterocycles. The molecular weight excluding hydrogens is 330 g/mol. The van der Waals surface area contributed by atoms with Crippen LogP contribution in [0.3, 0.4) is 0 Å². The normalized spacial score (nSPS) is 10.8. The van der Waals surface area contributed by atoms with E-state index in [1.807, 2.05) is 45.0 Å². The number of anilines is 1. The summed E-state index contributed by atoms with van der Waals surface area (Å²) in [6.07, 6.45) is 1.54. The van der Waals surface area contributed by atoms with E-state index in [1.165, 1.54) is 0 Å². The summed E-state index contributed by atoms with van der Waals surface area (Å²) in [5.41, 5.74) is 4.36. The van der Waals surface area contributed by atoms with E-state index in [2.05, 4.69) is 15.8 Å². The van der Waals surface area contributed by atoms with Crippen LogP contribution in [0.25, 0.3) is 0 Å². The van der Waals surface area contributed by atoms with E-state index < -0.39 is 0 Å². The maximum absolute atomic E-state index is 12.1. The van der Waals surface area contributed by atoms with Gasteiger partial charge < -0.3 is 10.1 Å². The summed E-state index contributed by atoms with van der Waals surface area (Å²) < 4.78 is 5.50. The zero-order valence-electron chi connectivity index (χ0n) is 15.2. The van der Waals surface area contributed by atoms with Gasteiger partial charge >= 0.3 is 0 Å². The van der Waals surface area contributed by atoms with E-state index in [-0.39, 0.29) is 17.7 Å². The van der Waals surface area contributed by atoms with Crippen molar-refractivity contribution in [3.63, 3.8) is 0 Å². The van der Waals surface area contributed by atoms with Crippen LogP contribution in [0.1, 0.15) is 36.7 Å². The molecule has 0 aliphatic carbocycles. The number of hydrazone groups is 1. The van der Waals surface area contributed by atoms with Crippen molar-refractivity contribution < 1.29 is 14.3 Å². The Morgan fingerprint density at radius 2 is 1.81 bits per heavy atom. The maximum atomic E-state index is 12.1. The van der Waals surface area contributed by atoms with Gasteiger partial charge in [-0.15, -0.1) is 0 Å². The topological polar surface area (TPSA) is 79.8 Å². The Morgan fingerprint density at radius 3 is 2.46 bits per heavy atom. The van der Waals surface area contributed by atoms with E-state index in [0.29, 0.717) is 23.6 Å². The number of nitrogens with one attached hydrogen (secondary N) is 2. The summed E-state index contributed by atoms with van der Waals surface area (Å²) in [5.74, 6) is 0.196. The van der Waals surface area contributed by atoms with Crippen molar-refractivity contribution in [2.24, 2.45) is 11.0 Å². The van der Waals surface area contributed by atoms with Gasteiger partial charge in [-0.1, -0.05) is 26.0 Å². The van der Waals surface area contributed by atoms with Crippen molar-refractivity contribution in [1.29, 1.82) is 0 Å². The molecule has 0 unspecified atom stereocenters. The van der Waals surface area contributed by atoms with Crippen molar-refractivity contribution in [1.82, 2.24) is 5.43 Å². The van der Waals surface area contributed by atoms with Crippen LogP contribution >= 0.6 is 0 Å². The van der Waals surface area contributed by atoms with Crippen LogP contribution in [0.5, 0.6) is 5.75 Å². The minimum Gasteiger partial charge on any atom is -0.493 e. The van der Waals surface area contributed by atoms with E-state index in [9.17, 15) is 9.59 Å². The molecule has 26 heavy (non-hydrogen) atoms. The number of nitrogens with zero attached hydrogens (tertiary/aromatic N) is 1. The minimum atomic E-state index is -0.336. The lowest BCUT2D eigenvalue weighted by atomic mass is 10.1. The Bertz CT molecular complexity index is 783. The molecular formula is C20H23N3O3. The average molecular weight is 353 g/mol. The molecule has 2 amide bonds. The van der Waals surface area contributed by atoms with Crippen molar-refractivity contribution in [2.45, 2.75) is 20.8 Å². The van der Waals surface area contributed by atoms with Crippen molar-refractivity contribution >= 4 is 23.7 Å². The molecule has 2 aromatic rings. The van der Waals surface area contributed by atoms with E-state index in [0.717, 1.165) is 5.56 Å². The summed E-state index contributed by atoms with van der Waals surface area (Å²) in [5, 5.41) is 6.76. The number of ether oxygens (including phenoxy) is 1. The number of hydrogen-bond donors (Lipinski definition) is 2. The molecule has 0 saturated heterocycles. The molecule has 0 aromatic heterocycles. The Balaban J connectivity index is 1.97. The van der Waals surface area contributed by atoms with Crippen molar-refractivity contribution in [3.8, 4) is 5.75 Å². The molecule has 0 saturated carbocycles. The predicted molar refractivity (Wildman–Crippen MR) is 103 cm³/mol. The van der Waals surface area contributed by atoms with Gasteiger partial charge in [-0.25, -0.2) is 5.43 Å². The lowest BCUT2D eigenvalue weighted by molar-refractivity contribution is -0.118. The smallest absolute Gasteiger partial charge is 0.271 e. The number of benzene rings is 2. The Morgan fingerprint density at radius 1 is 1.12 bits per heavy atom. The molecule has 0 radical (unpaired) electrons. The van der Waals surface area contributed by atoms with Crippen LogP contribution in [0, 0.1) is 5.92 Å². The van der Waals surface area contributed by atoms with E-state index >= 15 is 0 Å². The molecule has 2 aromatic carbocycles. The van der Waals surface area contributed by atoms with Gasteiger partial charge in [0.05, 0.1) is 12.8 Å². The lowest BCUT2D eigenvalue weighted by Crippen LogP contribution is -2.19. The number of carbonyl (C=O) groups is 2. The highest BCUT2D eigenvalue weighted by atomic mass is 16.5. The zero-order chi connectivity index (χ0) is 18.9. The molecule has 0 atom stereocenters. The molecule has 0 aliphatic heterocycles. The third kappa shape index (κ3) is 5.44. The number of hydrogen-bond acceptors (Lipinski definition) is 4.